The first-order valence-corrected chi connectivity index (χ1v) is 9.13. The molecule has 2 nitrogen and oxygen atoms in total. The SMILES string of the molecule is CCCCOC1CCC(CC2CCC(OC)CC2F)C(F)C1F. The van der Waals surface area contributed by atoms with E-state index in [0.717, 1.165) is 19.3 Å². The highest BCUT2D eigenvalue weighted by Gasteiger charge is 2.43. The van der Waals surface area contributed by atoms with Gasteiger partial charge in [0.25, 0.3) is 0 Å². The molecular weight excluding hydrogens is 305 g/mol. The highest BCUT2D eigenvalue weighted by atomic mass is 19.2. The molecule has 0 bridgehead atoms. The van der Waals surface area contributed by atoms with Crippen molar-refractivity contribution >= 4 is 0 Å². The number of methoxy groups -OCH3 is 1. The summed E-state index contributed by atoms with van der Waals surface area (Å²) < 4.78 is 53.6. The average molecular weight is 336 g/mol. The third-order valence-electron chi connectivity index (χ3n) is 5.56. The molecule has 0 N–H and O–H groups in total. The zero-order valence-electron chi connectivity index (χ0n) is 14.4. The Hall–Kier alpha value is -0.290. The van der Waals surface area contributed by atoms with Gasteiger partial charge in [-0.1, -0.05) is 13.3 Å². The Labute approximate surface area is 138 Å². The molecule has 2 rings (SSSR count). The first kappa shape index (κ1) is 19.0. The molecule has 2 aliphatic rings. The molecule has 2 aliphatic carbocycles. The molecule has 5 heteroatoms. The fourth-order valence-corrected chi connectivity index (χ4v) is 3.97. The minimum Gasteiger partial charge on any atom is -0.381 e. The molecule has 0 heterocycles. The first-order valence-electron chi connectivity index (χ1n) is 9.13. The van der Waals surface area contributed by atoms with Crippen molar-refractivity contribution < 1.29 is 22.6 Å². The Bertz CT molecular complexity index is 342. The summed E-state index contributed by atoms with van der Waals surface area (Å²) in [4.78, 5) is 0. The van der Waals surface area contributed by atoms with Crippen LogP contribution in [-0.4, -0.2) is 44.4 Å². The maximum Gasteiger partial charge on any atom is 0.157 e. The van der Waals surface area contributed by atoms with Crippen LogP contribution in [0, 0.1) is 11.8 Å². The van der Waals surface area contributed by atoms with Crippen LogP contribution in [0.5, 0.6) is 0 Å². The predicted molar refractivity (Wildman–Crippen MR) is 84.8 cm³/mol. The fourth-order valence-electron chi connectivity index (χ4n) is 3.97. The highest BCUT2D eigenvalue weighted by Crippen LogP contribution is 2.40. The van der Waals surface area contributed by atoms with Crippen molar-refractivity contribution in [1.82, 2.24) is 0 Å². The van der Waals surface area contributed by atoms with E-state index in [-0.39, 0.29) is 17.9 Å². The molecule has 0 aromatic heterocycles. The largest absolute Gasteiger partial charge is 0.381 e. The molecule has 7 atom stereocenters. The predicted octanol–water partition coefficient (Wildman–Crippen LogP) is 4.80. The molecule has 0 aromatic rings. The van der Waals surface area contributed by atoms with Crippen LogP contribution in [0.1, 0.15) is 58.3 Å². The van der Waals surface area contributed by atoms with E-state index in [9.17, 15) is 13.2 Å². The van der Waals surface area contributed by atoms with Crippen molar-refractivity contribution in [3.63, 3.8) is 0 Å². The summed E-state index contributed by atoms with van der Waals surface area (Å²) >= 11 is 0. The van der Waals surface area contributed by atoms with Crippen LogP contribution in [0.2, 0.25) is 0 Å². The smallest absolute Gasteiger partial charge is 0.157 e. The summed E-state index contributed by atoms with van der Waals surface area (Å²) in [6, 6.07) is 0. The van der Waals surface area contributed by atoms with Gasteiger partial charge in [0, 0.05) is 20.1 Å². The van der Waals surface area contributed by atoms with Crippen LogP contribution < -0.4 is 0 Å². The van der Waals surface area contributed by atoms with Crippen LogP contribution in [0.3, 0.4) is 0 Å². The minimum atomic E-state index is -1.57. The lowest BCUT2D eigenvalue weighted by Crippen LogP contribution is -2.44. The van der Waals surface area contributed by atoms with Crippen molar-refractivity contribution in [2.24, 2.45) is 11.8 Å². The second-order valence-corrected chi connectivity index (χ2v) is 7.17. The quantitative estimate of drug-likeness (QED) is 0.622. The standard InChI is InChI=1S/C18H31F3O2/c1-3-4-9-23-16-8-6-13(17(20)18(16)21)10-12-5-7-14(22-2)11-15(12)19/h12-18H,3-11H2,1-2H3. The van der Waals surface area contributed by atoms with Gasteiger partial charge in [0.2, 0.25) is 0 Å². The number of hydrogen-bond donors (Lipinski definition) is 0. The van der Waals surface area contributed by atoms with E-state index in [4.69, 9.17) is 9.47 Å². The summed E-state index contributed by atoms with van der Waals surface area (Å²) in [5.74, 6) is -0.534. The van der Waals surface area contributed by atoms with Gasteiger partial charge in [-0.3, -0.25) is 0 Å². The van der Waals surface area contributed by atoms with Gasteiger partial charge in [0.1, 0.15) is 12.3 Å². The monoisotopic (exact) mass is 336 g/mol. The average Bonchev–Trinajstić information content (AvgIpc) is 2.55. The molecular formula is C18H31F3O2. The maximum absolute atomic E-state index is 14.4. The van der Waals surface area contributed by atoms with Gasteiger partial charge in [-0.25, -0.2) is 13.2 Å². The van der Waals surface area contributed by atoms with Crippen LogP contribution in [-0.2, 0) is 9.47 Å². The Morgan fingerprint density at radius 2 is 1.70 bits per heavy atom. The van der Waals surface area contributed by atoms with Gasteiger partial charge < -0.3 is 9.47 Å². The van der Waals surface area contributed by atoms with Gasteiger partial charge in [-0.2, -0.15) is 0 Å². The molecule has 2 saturated carbocycles. The summed E-state index contributed by atoms with van der Waals surface area (Å²) in [6.07, 6.45) is 0.617. The van der Waals surface area contributed by atoms with Crippen LogP contribution in [0.4, 0.5) is 13.2 Å². The van der Waals surface area contributed by atoms with Crippen molar-refractivity contribution in [2.45, 2.75) is 89.0 Å². The molecule has 0 aromatic carbocycles. The van der Waals surface area contributed by atoms with Crippen LogP contribution >= 0.6 is 0 Å². The molecule has 0 spiro atoms. The summed E-state index contributed by atoms with van der Waals surface area (Å²) in [5.41, 5.74) is 0. The molecule has 23 heavy (non-hydrogen) atoms. The zero-order valence-corrected chi connectivity index (χ0v) is 14.4. The molecule has 0 amide bonds. The van der Waals surface area contributed by atoms with Crippen molar-refractivity contribution in [3.05, 3.63) is 0 Å². The molecule has 136 valence electrons. The number of ether oxygens (including phenoxy) is 2. The van der Waals surface area contributed by atoms with Crippen molar-refractivity contribution in [1.29, 1.82) is 0 Å². The Morgan fingerprint density at radius 1 is 0.957 bits per heavy atom. The van der Waals surface area contributed by atoms with Crippen LogP contribution in [0.25, 0.3) is 0 Å². The Morgan fingerprint density at radius 3 is 2.35 bits per heavy atom. The fraction of sp³-hybridized carbons (Fsp3) is 1.00. The Kier molecular flexibility index (Phi) is 7.67. The number of alkyl halides is 3. The van der Waals surface area contributed by atoms with Gasteiger partial charge >= 0.3 is 0 Å². The lowest BCUT2D eigenvalue weighted by Gasteiger charge is -2.38. The van der Waals surface area contributed by atoms with Crippen molar-refractivity contribution in [2.75, 3.05) is 13.7 Å². The van der Waals surface area contributed by atoms with Gasteiger partial charge in [0.05, 0.1) is 12.2 Å². The number of halogens is 3. The maximum atomic E-state index is 14.4. The van der Waals surface area contributed by atoms with E-state index in [1.165, 1.54) is 0 Å². The number of hydrogen-bond acceptors (Lipinski definition) is 2. The van der Waals surface area contributed by atoms with E-state index >= 15 is 0 Å². The minimum absolute atomic E-state index is 0.0287. The molecule has 0 aliphatic heterocycles. The second-order valence-electron chi connectivity index (χ2n) is 7.17. The zero-order chi connectivity index (χ0) is 16.8. The molecule has 0 saturated heterocycles. The van der Waals surface area contributed by atoms with E-state index in [2.05, 4.69) is 0 Å². The summed E-state index contributed by atoms with van der Waals surface area (Å²) in [6.45, 7) is 2.53. The van der Waals surface area contributed by atoms with Crippen LogP contribution in [0.15, 0.2) is 0 Å². The normalized spacial score (nSPS) is 41.9. The third kappa shape index (κ3) is 5.09. The van der Waals surface area contributed by atoms with Gasteiger partial charge in [0.15, 0.2) is 6.17 Å². The Balaban J connectivity index is 1.81. The molecule has 0 radical (unpaired) electrons. The van der Waals surface area contributed by atoms with Gasteiger partial charge in [-0.15, -0.1) is 0 Å². The van der Waals surface area contributed by atoms with E-state index in [1.54, 1.807) is 7.11 Å². The highest BCUT2D eigenvalue weighted by molar-refractivity contribution is 4.92. The first-order chi connectivity index (χ1) is 11.1. The van der Waals surface area contributed by atoms with E-state index in [0.29, 0.717) is 38.7 Å². The van der Waals surface area contributed by atoms with E-state index < -0.39 is 24.6 Å². The third-order valence-corrected chi connectivity index (χ3v) is 5.56. The van der Waals surface area contributed by atoms with Gasteiger partial charge in [-0.05, 0) is 50.4 Å². The number of rotatable bonds is 7. The lowest BCUT2D eigenvalue weighted by molar-refractivity contribution is -0.0821. The van der Waals surface area contributed by atoms with E-state index in [1.807, 2.05) is 6.92 Å². The molecule has 2 fully saturated rings. The van der Waals surface area contributed by atoms with Crippen molar-refractivity contribution in [3.8, 4) is 0 Å². The summed E-state index contributed by atoms with van der Waals surface area (Å²) in [7, 11) is 1.60. The number of unbranched alkanes of at least 4 members (excludes halogenated alkanes) is 1. The lowest BCUT2D eigenvalue weighted by atomic mass is 9.74. The molecule has 7 unspecified atom stereocenters. The second kappa shape index (κ2) is 9.26. The summed E-state index contributed by atoms with van der Waals surface area (Å²) in [5, 5.41) is 0. The topological polar surface area (TPSA) is 18.5 Å².